The van der Waals surface area contributed by atoms with Gasteiger partial charge in [-0.25, -0.2) is 4.79 Å². The minimum Gasteiger partial charge on any atom is -0.481 e. The maximum Gasteiger partial charge on any atom is 0.317 e. The van der Waals surface area contributed by atoms with Crippen LogP contribution in [0.15, 0.2) is 24.3 Å². The number of carboxylic acid groups (broad SMARTS) is 1. The zero-order chi connectivity index (χ0) is 17.3. The van der Waals surface area contributed by atoms with Gasteiger partial charge in [0.1, 0.15) is 0 Å². The predicted molar refractivity (Wildman–Crippen MR) is 88.3 cm³/mol. The van der Waals surface area contributed by atoms with Gasteiger partial charge < -0.3 is 20.4 Å². The highest BCUT2D eigenvalue weighted by molar-refractivity contribution is 5.80. The van der Waals surface area contributed by atoms with Crippen LogP contribution in [0, 0.1) is 11.3 Å². The third-order valence-corrected chi connectivity index (χ3v) is 5.49. The number of benzene rings is 1. The highest BCUT2D eigenvalue weighted by atomic mass is 16.4. The Bertz CT molecular complexity index is 628. The summed E-state index contributed by atoms with van der Waals surface area (Å²) in [5, 5.41) is 21.9. The largest absolute Gasteiger partial charge is 0.481 e. The van der Waals surface area contributed by atoms with Gasteiger partial charge in [-0.1, -0.05) is 30.7 Å². The number of amides is 2. The predicted octanol–water partition coefficient (Wildman–Crippen LogP) is 2.14. The number of carboxylic acids is 1. The van der Waals surface area contributed by atoms with Gasteiger partial charge in [-0.15, -0.1) is 0 Å². The Kier molecular flexibility index (Phi) is 4.49. The van der Waals surface area contributed by atoms with Crippen molar-refractivity contribution >= 4 is 12.0 Å². The number of rotatable bonds is 4. The molecular formula is C18H24N2O4. The Morgan fingerprint density at radius 3 is 2.67 bits per heavy atom. The van der Waals surface area contributed by atoms with Crippen molar-refractivity contribution in [1.29, 1.82) is 0 Å². The molecule has 1 aliphatic heterocycles. The van der Waals surface area contributed by atoms with Crippen LogP contribution in [0.3, 0.4) is 0 Å². The van der Waals surface area contributed by atoms with Crippen molar-refractivity contribution in [1.82, 2.24) is 10.2 Å². The fraction of sp³-hybridized carbons (Fsp3) is 0.556. The van der Waals surface area contributed by atoms with Gasteiger partial charge in [0.05, 0.1) is 11.5 Å². The molecule has 1 aromatic carbocycles. The fourth-order valence-corrected chi connectivity index (χ4v) is 4.00. The smallest absolute Gasteiger partial charge is 0.317 e. The number of likely N-dealkylation sites (tertiary alicyclic amines) is 1. The van der Waals surface area contributed by atoms with Crippen LogP contribution >= 0.6 is 0 Å². The summed E-state index contributed by atoms with van der Waals surface area (Å²) >= 11 is 0. The molecule has 1 heterocycles. The Morgan fingerprint density at radius 2 is 2.08 bits per heavy atom. The molecular weight excluding hydrogens is 308 g/mol. The van der Waals surface area contributed by atoms with Crippen LogP contribution in [0.5, 0.6) is 0 Å². The van der Waals surface area contributed by atoms with Crippen molar-refractivity contribution in [3.8, 4) is 0 Å². The molecule has 1 saturated heterocycles. The Hall–Kier alpha value is -2.08. The lowest BCUT2D eigenvalue weighted by molar-refractivity contribution is -0.149. The van der Waals surface area contributed by atoms with Gasteiger partial charge in [0, 0.05) is 19.6 Å². The number of aliphatic hydroxyl groups is 1. The van der Waals surface area contributed by atoms with Crippen LogP contribution < -0.4 is 5.32 Å². The molecule has 2 aliphatic rings. The van der Waals surface area contributed by atoms with E-state index in [4.69, 9.17) is 0 Å². The number of fused-ring (bicyclic) bond motifs is 1. The van der Waals surface area contributed by atoms with E-state index >= 15 is 0 Å². The summed E-state index contributed by atoms with van der Waals surface area (Å²) in [5.74, 6) is -0.694. The van der Waals surface area contributed by atoms with Crippen molar-refractivity contribution in [2.45, 2.75) is 38.8 Å². The van der Waals surface area contributed by atoms with Crippen molar-refractivity contribution in [2.75, 3.05) is 13.1 Å². The van der Waals surface area contributed by atoms with E-state index in [1.807, 2.05) is 24.3 Å². The standard InChI is InChI=1S/C18H24N2O4/c1-12(21)14-6-4-13(5-7-14)9-19-17(24)20-10-15-3-2-8-18(15,11-20)16(22)23/h4-7,12,15,21H,2-3,8-11H2,1H3,(H,19,24)(H,22,23)/t12?,15-,18+/m0/s1. The minimum atomic E-state index is -0.769. The molecule has 2 amide bonds. The Balaban J connectivity index is 1.57. The maximum atomic E-state index is 12.4. The number of aliphatic hydroxyl groups excluding tert-OH is 1. The molecule has 1 aliphatic carbocycles. The summed E-state index contributed by atoms with van der Waals surface area (Å²) in [6, 6.07) is 7.22. The van der Waals surface area contributed by atoms with E-state index in [1.165, 1.54) is 0 Å². The van der Waals surface area contributed by atoms with E-state index in [9.17, 15) is 19.8 Å². The number of nitrogens with zero attached hydrogens (tertiary/aromatic N) is 1. The van der Waals surface area contributed by atoms with E-state index in [2.05, 4.69) is 5.32 Å². The van der Waals surface area contributed by atoms with Gasteiger partial charge in [-0.05, 0) is 36.8 Å². The van der Waals surface area contributed by atoms with Crippen LogP contribution in [-0.2, 0) is 11.3 Å². The van der Waals surface area contributed by atoms with E-state index < -0.39 is 17.5 Å². The number of nitrogens with one attached hydrogen (secondary N) is 1. The van der Waals surface area contributed by atoms with Crippen LogP contribution in [0.1, 0.15) is 43.4 Å². The average Bonchev–Trinajstić information content (AvgIpc) is 3.11. The molecule has 130 valence electrons. The van der Waals surface area contributed by atoms with Crippen LogP contribution in [-0.4, -0.2) is 40.2 Å². The van der Waals surface area contributed by atoms with Gasteiger partial charge in [-0.2, -0.15) is 0 Å². The molecule has 1 unspecified atom stereocenters. The normalized spacial score (nSPS) is 26.9. The first-order valence-corrected chi connectivity index (χ1v) is 8.45. The number of hydrogen-bond donors (Lipinski definition) is 3. The first-order valence-electron chi connectivity index (χ1n) is 8.45. The van der Waals surface area contributed by atoms with Crippen LogP contribution in [0.25, 0.3) is 0 Å². The molecule has 0 spiro atoms. The summed E-state index contributed by atoms with van der Waals surface area (Å²) in [6.07, 6.45) is 1.97. The summed E-state index contributed by atoms with van der Waals surface area (Å²) in [4.78, 5) is 25.7. The third-order valence-electron chi connectivity index (χ3n) is 5.49. The minimum absolute atomic E-state index is 0.0751. The molecule has 3 rings (SSSR count). The van der Waals surface area contributed by atoms with E-state index in [0.29, 0.717) is 26.1 Å². The lowest BCUT2D eigenvalue weighted by Crippen LogP contribution is -2.41. The number of hydrogen-bond acceptors (Lipinski definition) is 3. The van der Waals surface area contributed by atoms with Crippen molar-refractivity contribution in [2.24, 2.45) is 11.3 Å². The zero-order valence-corrected chi connectivity index (χ0v) is 13.9. The highest BCUT2D eigenvalue weighted by Gasteiger charge is 2.55. The lowest BCUT2D eigenvalue weighted by Gasteiger charge is -2.23. The van der Waals surface area contributed by atoms with Crippen LogP contribution in [0.2, 0.25) is 0 Å². The van der Waals surface area contributed by atoms with E-state index in [0.717, 1.165) is 24.0 Å². The van der Waals surface area contributed by atoms with E-state index in [-0.39, 0.29) is 11.9 Å². The van der Waals surface area contributed by atoms with Gasteiger partial charge in [0.15, 0.2) is 0 Å². The molecule has 24 heavy (non-hydrogen) atoms. The molecule has 0 bridgehead atoms. The third kappa shape index (κ3) is 2.98. The van der Waals surface area contributed by atoms with Gasteiger partial charge >= 0.3 is 12.0 Å². The summed E-state index contributed by atoms with van der Waals surface area (Å²) in [5.41, 5.74) is 1.04. The highest BCUT2D eigenvalue weighted by Crippen LogP contribution is 2.48. The topological polar surface area (TPSA) is 89.9 Å². The zero-order valence-electron chi connectivity index (χ0n) is 13.9. The number of aliphatic carboxylic acids is 1. The van der Waals surface area contributed by atoms with Crippen molar-refractivity contribution < 1.29 is 19.8 Å². The molecule has 2 fully saturated rings. The average molecular weight is 332 g/mol. The summed E-state index contributed by atoms with van der Waals surface area (Å²) in [7, 11) is 0. The molecule has 0 radical (unpaired) electrons. The molecule has 6 heteroatoms. The number of carbonyl (C=O) groups excluding carboxylic acids is 1. The number of carbonyl (C=O) groups is 2. The molecule has 6 nitrogen and oxygen atoms in total. The fourth-order valence-electron chi connectivity index (χ4n) is 4.00. The van der Waals surface area contributed by atoms with Crippen molar-refractivity contribution in [3.63, 3.8) is 0 Å². The van der Waals surface area contributed by atoms with E-state index in [1.54, 1.807) is 11.8 Å². The molecule has 0 aromatic heterocycles. The first kappa shape index (κ1) is 16.8. The maximum absolute atomic E-state index is 12.4. The summed E-state index contributed by atoms with van der Waals surface area (Å²) in [6.45, 7) is 2.93. The van der Waals surface area contributed by atoms with Crippen LogP contribution in [0.4, 0.5) is 4.79 Å². The lowest BCUT2D eigenvalue weighted by atomic mass is 9.81. The second-order valence-electron chi connectivity index (χ2n) is 7.01. The number of urea groups is 1. The second-order valence-corrected chi connectivity index (χ2v) is 7.01. The quantitative estimate of drug-likeness (QED) is 0.788. The van der Waals surface area contributed by atoms with Gasteiger partial charge in [0.25, 0.3) is 0 Å². The summed E-state index contributed by atoms with van der Waals surface area (Å²) < 4.78 is 0. The van der Waals surface area contributed by atoms with Gasteiger partial charge in [-0.3, -0.25) is 4.79 Å². The Morgan fingerprint density at radius 1 is 1.38 bits per heavy atom. The van der Waals surface area contributed by atoms with Gasteiger partial charge in [0.2, 0.25) is 0 Å². The SMILES string of the molecule is CC(O)c1ccc(CNC(=O)N2C[C@@H]3CCC[C@@]3(C(=O)O)C2)cc1. The Labute approximate surface area is 141 Å². The molecule has 1 aromatic rings. The molecule has 3 N–H and O–H groups in total. The first-order chi connectivity index (χ1) is 11.4. The van der Waals surface area contributed by atoms with Crippen molar-refractivity contribution in [3.05, 3.63) is 35.4 Å². The molecule has 1 saturated carbocycles. The molecule has 3 atom stereocenters. The second kappa shape index (κ2) is 6.43. The monoisotopic (exact) mass is 332 g/mol.